The highest BCUT2D eigenvalue weighted by Gasteiger charge is 2.30. The van der Waals surface area contributed by atoms with E-state index in [1.165, 1.54) is 18.2 Å². The summed E-state index contributed by atoms with van der Waals surface area (Å²) in [7, 11) is 0. The SMILES string of the molecule is NC(c1c(F)cccc1F)C1COc2ccccc2O1. The van der Waals surface area contributed by atoms with Gasteiger partial charge in [0.2, 0.25) is 0 Å². The highest BCUT2D eigenvalue weighted by Crippen LogP contribution is 2.34. The van der Waals surface area contributed by atoms with Gasteiger partial charge in [-0.05, 0) is 24.3 Å². The van der Waals surface area contributed by atoms with Gasteiger partial charge < -0.3 is 15.2 Å². The Balaban J connectivity index is 1.88. The second kappa shape index (κ2) is 5.09. The number of benzene rings is 2. The Morgan fingerprint density at radius 2 is 1.65 bits per heavy atom. The van der Waals surface area contributed by atoms with Crippen LogP contribution in [0, 0.1) is 11.6 Å². The van der Waals surface area contributed by atoms with Crippen LogP contribution in [0.3, 0.4) is 0 Å². The van der Waals surface area contributed by atoms with Gasteiger partial charge in [-0.25, -0.2) is 8.78 Å². The maximum Gasteiger partial charge on any atom is 0.161 e. The Hall–Kier alpha value is -2.14. The average molecular weight is 277 g/mol. The van der Waals surface area contributed by atoms with Crippen LogP contribution in [0.4, 0.5) is 8.78 Å². The molecule has 0 amide bonds. The van der Waals surface area contributed by atoms with Crippen molar-refractivity contribution in [3.63, 3.8) is 0 Å². The molecule has 1 aliphatic rings. The number of hydrogen-bond donors (Lipinski definition) is 1. The zero-order valence-electron chi connectivity index (χ0n) is 10.6. The second-order valence-corrected chi connectivity index (χ2v) is 4.58. The van der Waals surface area contributed by atoms with Crippen LogP contribution in [0.5, 0.6) is 11.5 Å². The van der Waals surface area contributed by atoms with Crippen molar-refractivity contribution < 1.29 is 18.3 Å². The summed E-state index contributed by atoms with van der Waals surface area (Å²) in [5.41, 5.74) is 5.76. The summed E-state index contributed by atoms with van der Waals surface area (Å²) in [6.45, 7) is 0.145. The van der Waals surface area contributed by atoms with Crippen molar-refractivity contribution in [3.05, 3.63) is 59.7 Å². The first-order valence-electron chi connectivity index (χ1n) is 6.25. The number of halogens is 2. The van der Waals surface area contributed by atoms with E-state index in [9.17, 15) is 8.78 Å². The maximum absolute atomic E-state index is 13.7. The standard InChI is InChI=1S/C15H13F2NO2/c16-9-4-3-5-10(17)14(9)15(18)13-8-19-11-6-1-2-7-12(11)20-13/h1-7,13,15H,8,18H2. The van der Waals surface area contributed by atoms with Gasteiger partial charge in [0, 0.05) is 5.56 Å². The summed E-state index contributed by atoms with van der Waals surface area (Å²) in [5, 5.41) is 0. The molecule has 20 heavy (non-hydrogen) atoms. The van der Waals surface area contributed by atoms with E-state index in [4.69, 9.17) is 15.2 Å². The molecule has 2 atom stereocenters. The molecule has 2 unspecified atom stereocenters. The Morgan fingerprint density at radius 1 is 1.00 bits per heavy atom. The molecule has 0 saturated heterocycles. The van der Waals surface area contributed by atoms with E-state index in [2.05, 4.69) is 0 Å². The van der Waals surface area contributed by atoms with Crippen LogP contribution in [0.15, 0.2) is 42.5 Å². The molecule has 0 aromatic heterocycles. The van der Waals surface area contributed by atoms with E-state index >= 15 is 0 Å². The minimum absolute atomic E-state index is 0.145. The smallest absolute Gasteiger partial charge is 0.161 e. The van der Waals surface area contributed by atoms with Crippen LogP contribution in [0.25, 0.3) is 0 Å². The minimum Gasteiger partial charge on any atom is -0.486 e. The summed E-state index contributed by atoms with van der Waals surface area (Å²) in [4.78, 5) is 0. The molecule has 0 radical (unpaired) electrons. The Bertz CT molecular complexity index is 613. The van der Waals surface area contributed by atoms with Gasteiger partial charge in [0.25, 0.3) is 0 Å². The van der Waals surface area contributed by atoms with Gasteiger partial charge >= 0.3 is 0 Å². The molecule has 0 fully saturated rings. The van der Waals surface area contributed by atoms with Crippen molar-refractivity contribution in [3.8, 4) is 11.5 Å². The van der Waals surface area contributed by atoms with Crippen molar-refractivity contribution in [2.24, 2.45) is 5.73 Å². The quantitative estimate of drug-likeness (QED) is 0.918. The normalized spacial score (nSPS) is 18.6. The Labute approximate surface area is 114 Å². The van der Waals surface area contributed by atoms with E-state index in [1.807, 2.05) is 6.07 Å². The molecule has 3 nitrogen and oxygen atoms in total. The predicted octanol–water partition coefficient (Wildman–Crippen LogP) is 2.80. The van der Waals surface area contributed by atoms with Gasteiger partial charge in [-0.1, -0.05) is 18.2 Å². The summed E-state index contributed by atoms with van der Waals surface area (Å²) < 4.78 is 38.7. The fraction of sp³-hybridized carbons (Fsp3) is 0.200. The van der Waals surface area contributed by atoms with E-state index < -0.39 is 23.8 Å². The van der Waals surface area contributed by atoms with Crippen LogP contribution in [0.1, 0.15) is 11.6 Å². The fourth-order valence-corrected chi connectivity index (χ4v) is 2.23. The topological polar surface area (TPSA) is 44.5 Å². The molecule has 104 valence electrons. The zero-order valence-corrected chi connectivity index (χ0v) is 10.6. The lowest BCUT2D eigenvalue weighted by atomic mass is 10.0. The predicted molar refractivity (Wildman–Crippen MR) is 69.6 cm³/mol. The summed E-state index contributed by atoms with van der Waals surface area (Å²) in [5.74, 6) is -0.235. The monoisotopic (exact) mass is 277 g/mol. The van der Waals surface area contributed by atoms with E-state index in [1.54, 1.807) is 18.2 Å². The molecule has 0 aliphatic carbocycles. The van der Waals surface area contributed by atoms with Crippen LogP contribution in [-0.2, 0) is 0 Å². The third-order valence-corrected chi connectivity index (χ3v) is 3.26. The van der Waals surface area contributed by atoms with Crippen molar-refractivity contribution in [2.45, 2.75) is 12.1 Å². The van der Waals surface area contributed by atoms with Crippen LogP contribution in [-0.4, -0.2) is 12.7 Å². The fourth-order valence-electron chi connectivity index (χ4n) is 2.23. The van der Waals surface area contributed by atoms with Crippen molar-refractivity contribution in [1.82, 2.24) is 0 Å². The molecule has 1 heterocycles. The van der Waals surface area contributed by atoms with Crippen LogP contribution in [0.2, 0.25) is 0 Å². The highest BCUT2D eigenvalue weighted by atomic mass is 19.1. The molecule has 1 aliphatic heterocycles. The first-order chi connectivity index (χ1) is 9.66. The van der Waals surface area contributed by atoms with Crippen molar-refractivity contribution in [1.29, 1.82) is 0 Å². The van der Waals surface area contributed by atoms with E-state index in [0.717, 1.165) is 0 Å². The molecular formula is C15H13F2NO2. The largest absolute Gasteiger partial charge is 0.486 e. The first kappa shape index (κ1) is 12.9. The van der Waals surface area contributed by atoms with Gasteiger partial charge in [-0.15, -0.1) is 0 Å². The molecule has 0 bridgehead atoms. The Morgan fingerprint density at radius 3 is 2.35 bits per heavy atom. The molecule has 2 N–H and O–H groups in total. The van der Waals surface area contributed by atoms with Crippen LogP contribution < -0.4 is 15.2 Å². The molecule has 5 heteroatoms. The van der Waals surface area contributed by atoms with Gasteiger partial charge in [-0.3, -0.25) is 0 Å². The molecule has 0 spiro atoms. The van der Waals surface area contributed by atoms with Crippen molar-refractivity contribution >= 4 is 0 Å². The Kier molecular flexibility index (Phi) is 3.28. The average Bonchev–Trinajstić information content (AvgIpc) is 2.46. The lowest BCUT2D eigenvalue weighted by molar-refractivity contribution is 0.0703. The minimum atomic E-state index is -0.940. The summed E-state index contributed by atoms with van der Waals surface area (Å²) >= 11 is 0. The third-order valence-electron chi connectivity index (χ3n) is 3.26. The molecule has 2 aromatic carbocycles. The number of ether oxygens (including phenoxy) is 2. The summed E-state index contributed by atoms with van der Waals surface area (Å²) in [6, 6.07) is 9.82. The van der Waals surface area contributed by atoms with Gasteiger partial charge in [0.15, 0.2) is 17.6 Å². The van der Waals surface area contributed by atoms with Gasteiger partial charge in [0.1, 0.15) is 18.2 Å². The maximum atomic E-state index is 13.7. The first-order valence-corrected chi connectivity index (χ1v) is 6.25. The number of hydrogen-bond acceptors (Lipinski definition) is 3. The number of fused-ring (bicyclic) bond motifs is 1. The zero-order chi connectivity index (χ0) is 14.1. The van der Waals surface area contributed by atoms with Gasteiger partial charge in [0.05, 0.1) is 6.04 Å². The number of nitrogens with two attached hydrogens (primary N) is 1. The van der Waals surface area contributed by atoms with E-state index in [0.29, 0.717) is 11.5 Å². The highest BCUT2D eigenvalue weighted by molar-refractivity contribution is 5.41. The molecular weight excluding hydrogens is 264 g/mol. The van der Waals surface area contributed by atoms with Crippen molar-refractivity contribution in [2.75, 3.05) is 6.61 Å². The lowest BCUT2D eigenvalue weighted by Gasteiger charge is -2.30. The number of rotatable bonds is 2. The molecule has 2 aromatic rings. The molecule has 3 rings (SSSR count). The number of para-hydroxylation sites is 2. The van der Waals surface area contributed by atoms with E-state index in [-0.39, 0.29) is 12.2 Å². The molecule has 0 saturated carbocycles. The van der Waals surface area contributed by atoms with Crippen LogP contribution >= 0.6 is 0 Å². The summed E-state index contributed by atoms with van der Waals surface area (Å²) in [6.07, 6.45) is -0.642. The second-order valence-electron chi connectivity index (χ2n) is 4.58. The third kappa shape index (κ3) is 2.20. The lowest BCUT2D eigenvalue weighted by Crippen LogP contribution is -2.39. The van der Waals surface area contributed by atoms with Gasteiger partial charge in [-0.2, -0.15) is 0 Å².